The molecule has 3 N–H and O–H groups in total. The number of non-ortho nitro benzene ring substituents is 1. The molecule has 0 atom stereocenters. The average molecular weight is 307 g/mol. The van der Waals surface area contributed by atoms with Crippen molar-refractivity contribution in [1.29, 1.82) is 0 Å². The summed E-state index contributed by atoms with van der Waals surface area (Å²) in [6.45, 7) is 0. The van der Waals surface area contributed by atoms with Crippen LogP contribution in [0.1, 0.15) is 10.4 Å². The Labute approximate surface area is 131 Å². The van der Waals surface area contributed by atoms with E-state index in [2.05, 4.69) is 5.32 Å². The highest BCUT2D eigenvalue weighted by Gasteiger charge is 2.15. The van der Waals surface area contributed by atoms with Crippen molar-refractivity contribution in [3.8, 4) is 0 Å². The van der Waals surface area contributed by atoms with E-state index < -0.39 is 10.8 Å². The zero-order chi connectivity index (χ0) is 16.4. The third-order valence-electron chi connectivity index (χ3n) is 3.50. The molecule has 0 fully saturated rings. The molecule has 0 unspecified atom stereocenters. The molecule has 0 heterocycles. The molecule has 114 valence electrons. The number of carbonyl (C=O) groups excluding carboxylic acids is 1. The predicted octanol–water partition coefficient (Wildman–Crippen LogP) is 3.58. The fourth-order valence-electron chi connectivity index (χ4n) is 2.32. The van der Waals surface area contributed by atoms with E-state index in [0.717, 1.165) is 10.8 Å². The molecule has 3 rings (SSSR count). The number of hydrogen-bond donors (Lipinski definition) is 2. The first-order chi connectivity index (χ1) is 11.0. The van der Waals surface area contributed by atoms with Gasteiger partial charge in [-0.25, -0.2) is 0 Å². The maximum atomic E-state index is 12.3. The van der Waals surface area contributed by atoms with E-state index in [-0.39, 0.29) is 16.9 Å². The molecular formula is C17H13N3O3. The Balaban J connectivity index is 1.91. The molecule has 1 amide bonds. The van der Waals surface area contributed by atoms with E-state index in [1.165, 1.54) is 18.2 Å². The van der Waals surface area contributed by atoms with Crippen LogP contribution >= 0.6 is 0 Å². The SMILES string of the molecule is Nc1ccc([N+](=O)[O-])cc1C(=O)Nc1ccc2ccccc2c1. The maximum absolute atomic E-state index is 12.3. The Morgan fingerprint density at radius 1 is 1.00 bits per heavy atom. The lowest BCUT2D eigenvalue weighted by molar-refractivity contribution is -0.384. The van der Waals surface area contributed by atoms with Gasteiger partial charge in [-0.05, 0) is 29.0 Å². The van der Waals surface area contributed by atoms with Crippen LogP contribution in [0, 0.1) is 10.1 Å². The average Bonchev–Trinajstić information content (AvgIpc) is 2.54. The van der Waals surface area contributed by atoms with Gasteiger partial charge in [0.05, 0.1) is 10.5 Å². The van der Waals surface area contributed by atoms with Gasteiger partial charge in [-0.2, -0.15) is 0 Å². The molecular weight excluding hydrogens is 294 g/mol. The first kappa shape index (κ1) is 14.5. The molecule has 0 spiro atoms. The number of benzene rings is 3. The van der Waals surface area contributed by atoms with Gasteiger partial charge in [-0.3, -0.25) is 14.9 Å². The largest absolute Gasteiger partial charge is 0.398 e. The molecule has 0 bridgehead atoms. The quantitative estimate of drug-likeness (QED) is 0.439. The smallest absolute Gasteiger partial charge is 0.270 e. The number of nitrogen functional groups attached to an aromatic ring is 1. The van der Waals surface area contributed by atoms with Crippen molar-refractivity contribution >= 4 is 33.7 Å². The second-order valence-electron chi connectivity index (χ2n) is 5.04. The standard InChI is InChI=1S/C17H13N3O3/c18-16-8-7-14(20(22)23)10-15(16)17(21)19-13-6-5-11-3-1-2-4-12(11)9-13/h1-10H,18H2,(H,19,21). The third-order valence-corrected chi connectivity index (χ3v) is 3.50. The van der Waals surface area contributed by atoms with E-state index in [0.29, 0.717) is 5.69 Å². The molecule has 0 aromatic heterocycles. The fourth-order valence-corrected chi connectivity index (χ4v) is 2.32. The lowest BCUT2D eigenvalue weighted by atomic mass is 10.1. The summed E-state index contributed by atoms with van der Waals surface area (Å²) in [5.41, 5.74) is 6.44. The number of nitrogens with two attached hydrogens (primary N) is 1. The van der Waals surface area contributed by atoms with Gasteiger partial charge in [0.1, 0.15) is 0 Å². The van der Waals surface area contributed by atoms with Crippen molar-refractivity contribution in [2.45, 2.75) is 0 Å². The summed E-state index contributed by atoms with van der Waals surface area (Å²) < 4.78 is 0. The summed E-state index contributed by atoms with van der Waals surface area (Å²) in [4.78, 5) is 22.6. The third kappa shape index (κ3) is 2.96. The maximum Gasteiger partial charge on any atom is 0.270 e. The van der Waals surface area contributed by atoms with Crippen LogP contribution in [0.4, 0.5) is 17.1 Å². The van der Waals surface area contributed by atoms with Crippen molar-refractivity contribution in [3.63, 3.8) is 0 Å². The van der Waals surface area contributed by atoms with Gasteiger partial charge in [-0.1, -0.05) is 30.3 Å². The van der Waals surface area contributed by atoms with Crippen molar-refractivity contribution in [2.75, 3.05) is 11.1 Å². The van der Waals surface area contributed by atoms with E-state index >= 15 is 0 Å². The number of amides is 1. The second kappa shape index (κ2) is 5.76. The highest BCUT2D eigenvalue weighted by molar-refractivity contribution is 6.08. The lowest BCUT2D eigenvalue weighted by Gasteiger charge is -2.08. The first-order valence-electron chi connectivity index (χ1n) is 6.88. The number of anilines is 2. The van der Waals surface area contributed by atoms with Crippen LogP contribution in [0.5, 0.6) is 0 Å². The predicted molar refractivity (Wildman–Crippen MR) is 89.4 cm³/mol. The van der Waals surface area contributed by atoms with Crippen LogP contribution < -0.4 is 11.1 Å². The number of nitrogens with one attached hydrogen (secondary N) is 1. The van der Waals surface area contributed by atoms with E-state index in [4.69, 9.17) is 5.73 Å². The monoisotopic (exact) mass is 307 g/mol. The van der Waals surface area contributed by atoms with Gasteiger partial charge in [0.25, 0.3) is 11.6 Å². The van der Waals surface area contributed by atoms with Crippen molar-refractivity contribution < 1.29 is 9.72 Å². The molecule has 6 heteroatoms. The Morgan fingerprint density at radius 3 is 2.48 bits per heavy atom. The number of nitro benzene ring substituents is 1. The Hall–Kier alpha value is -3.41. The topological polar surface area (TPSA) is 98.3 Å². The molecule has 0 aliphatic carbocycles. The number of carbonyl (C=O) groups is 1. The van der Waals surface area contributed by atoms with E-state index in [1.54, 1.807) is 6.07 Å². The lowest BCUT2D eigenvalue weighted by Crippen LogP contribution is -2.14. The summed E-state index contributed by atoms with van der Waals surface area (Å²) in [6.07, 6.45) is 0. The molecule has 0 aliphatic heterocycles. The van der Waals surface area contributed by atoms with Crippen LogP contribution in [0.25, 0.3) is 10.8 Å². The minimum absolute atomic E-state index is 0.0763. The first-order valence-corrected chi connectivity index (χ1v) is 6.88. The highest BCUT2D eigenvalue weighted by Crippen LogP contribution is 2.23. The molecule has 23 heavy (non-hydrogen) atoms. The Bertz CT molecular complexity index is 922. The normalized spacial score (nSPS) is 10.4. The summed E-state index contributed by atoms with van der Waals surface area (Å²) >= 11 is 0. The van der Waals surface area contributed by atoms with Gasteiger partial charge in [0, 0.05) is 23.5 Å². The minimum atomic E-state index is -0.563. The summed E-state index contributed by atoms with van der Waals surface area (Å²) in [7, 11) is 0. The number of rotatable bonds is 3. The van der Waals surface area contributed by atoms with Crippen LogP contribution in [0.3, 0.4) is 0 Å². The van der Waals surface area contributed by atoms with Gasteiger partial charge < -0.3 is 11.1 Å². The van der Waals surface area contributed by atoms with Gasteiger partial charge in [0.15, 0.2) is 0 Å². The molecule has 6 nitrogen and oxygen atoms in total. The summed E-state index contributed by atoms with van der Waals surface area (Å²) in [6, 6.07) is 17.0. The number of hydrogen-bond acceptors (Lipinski definition) is 4. The summed E-state index contributed by atoms with van der Waals surface area (Å²) in [5.74, 6) is -0.485. The van der Waals surface area contributed by atoms with E-state index in [1.807, 2.05) is 36.4 Å². The zero-order valence-corrected chi connectivity index (χ0v) is 12.0. The Morgan fingerprint density at radius 2 is 1.74 bits per heavy atom. The van der Waals surface area contributed by atoms with Crippen molar-refractivity contribution in [2.24, 2.45) is 0 Å². The van der Waals surface area contributed by atoms with Crippen LogP contribution in [-0.4, -0.2) is 10.8 Å². The van der Waals surface area contributed by atoms with Crippen molar-refractivity contribution in [1.82, 2.24) is 0 Å². The Kier molecular flexibility index (Phi) is 3.64. The molecule has 0 saturated carbocycles. The molecule has 3 aromatic rings. The molecule has 3 aromatic carbocycles. The zero-order valence-electron chi connectivity index (χ0n) is 12.0. The van der Waals surface area contributed by atoms with Crippen LogP contribution in [0.15, 0.2) is 60.7 Å². The van der Waals surface area contributed by atoms with E-state index in [9.17, 15) is 14.9 Å². The molecule has 0 saturated heterocycles. The minimum Gasteiger partial charge on any atom is -0.398 e. The molecule has 0 radical (unpaired) electrons. The second-order valence-corrected chi connectivity index (χ2v) is 5.04. The number of nitro groups is 1. The van der Waals surface area contributed by atoms with Crippen LogP contribution in [-0.2, 0) is 0 Å². The highest BCUT2D eigenvalue weighted by atomic mass is 16.6. The number of nitrogens with zero attached hydrogens (tertiary/aromatic N) is 1. The van der Waals surface area contributed by atoms with Gasteiger partial charge in [-0.15, -0.1) is 0 Å². The number of fused-ring (bicyclic) bond motifs is 1. The van der Waals surface area contributed by atoms with Crippen LogP contribution in [0.2, 0.25) is 0 Å². The summed E-state index contributed by atoms with van der Waals surface area (Å²) in [5, 5.41) is 15.6. The van der Waals surface area contributed by atoms with Gasteiger partial charge in [0.2, 0.25) is 0 Å². The van der Waals surface area contributed by atoms with Crippen molar-refractivity contribution in [3.05, 3.63) is 76.3 Å². The fraction of sp³-hybridized carbons (Fsp3) is 0. The molecule has 0 aliphatic rings. The van der Waals surface area contributed by atoms with Gasteiger partial charge >= 0.3 is 0 Å².